The fraction of sp³-hybridized carbons (Fsp3) is 0.957. The van der Waals surface area contributed by atoms with Gasteiger partial charge in [-0.15, -0.1) is 0 Å². The van der Waals surface area contributed by atoms with E-state index in [4.69, 9.17) is 37.0 Å². The van der Waals surface area contributed by atoms with Crippen LogP contribution >= 0.6 is 15.6 Å². The monoisotopic (exact) mass is 1620 g/mol. The number of carbonyl (C=O) groups is 4. The van der Waals surface area contributed by atoms with E-state index in [0.717, 1.165) is 102 Å². The number of rotatable bonds is 91. The predicted molar refractivity (Wildman–Crippen MR) is 460 cm³/mol. The van der Waals surface area contributed by atoms with Crippen LogP contribution in [-0.4, -0.2) is 96.7 Å². The van der Waals surface area contributed by atoms with Gasteiger partial charge in [-0.25, -0.2) is 9.13 Å². The molecule has 0 saturated carbocycles. The van der Waals surface area contributed by atoms with Crippen LogP contribution in [0.4, 0.5) is 0 Å². The Morgan fingerprint density at radius 1 is 0.261 bits per heavy atom. The summed E-state index contributed by atoms with van der Waals surface area (Å²) in [4.78, 5) is 73.5. The molecule has 0 radical (unpaired) electrons. The maximum Gasteiger partial charge on any atom is 0.472 e. The van der Waals surface area contributed by atoms with E-state index >= 15 is 0 Å². The molecule has 3 unspecified atom stereocenters. The van der Waals surface area contributed by atoms with Gasteiger partial charge in [-0.05, 0) is 37.5 Å². The van der Waals surface area contributed by atoms with Gasteiger partial charge in [0.25, 0.3) is 0 Å². The lowest BCUT2D eigenvalue weighted by molar-refractivity contribution is -0.161. The van der Waals surface area contributed by atoms with Gasteiger partial charge in [-0.3, -0.25) is 37.3 Å². The number of phosphoric acid groups is 2. The number of aliphatic hydroxyl groups is 1. The molecule has 0 amide bonds. The van der Waals surface area contributed by atoms with Crippen molar-refractivity contribution in [1.82, 2.24) is 0 Å². The minimum Gasteiger partial charge on any atom is -0.462 e. The molecule has 0 fully saturated rings. The zero-order valence-corrected chi connectivity index (χ0v) is 75.1. The number of carbonyl (C=O) groups excluding carboxylic acids is 4. The van der Waals surface area contributed by atoms with Gasteiger partial charge in [0.05, 0.1) is 26.4 Å². The molecule has 660 valence electrons. The van der Waals surface area contributed by atoms with E-state index in [9.17, 15) is 43.2 Å². The molecule has 111 heavy (non-hydrogen) atoms. The van der Waals surface area contributed by atoms with Gasteiger partial charge in [-0.2, -0.15) is 0 Å². The lowest BCUT2D eigenvalue weighted by Gasteiger charge is -2.21. The summed E-state index contributed by atoms with van der Waals surface area (Å²) in [5, 5.41) is 10.7. The first-order valence-electron chi connectivity index (χ1n) is 47.5. The molecule has 0 aromatic carbocycles. The first kappa shape index (κ1) is 109. The van der Waals surface area contributed by atoms with Crippen molar-refractivity contribution in [3.8, 4) is 0 Å². The smallest absolute Gasteiger partial charge is 0.462 e. The molecular formula is C92H180O17P2. The summed E-state index contributed by atoms with van der Waals surface area (Å²) >= 11 is 0. The van der Waals surface area contributed by atoms with Crippen molar-refractivity contribution < 1.29 is 80.2 Å². The Hall–Kier alpha value is -1.94. The molecule has 0 aliphatic carbocycles. The highest BCUT2D eigenvalue weighted by atomic mass is 31.2. The SMILES string of the molecule is CCCCCCCCCCCCCCCCCCCCCCCCC(=O)O[C@H](COC(=O)CCCCCCCCCCCCCCCCCCC(C)C)COP(=O)(O)OC[C@@H](O)COP(=O)(O)OC[C@@H](COC(=O)CCCCCCCCCCCCCC)OC(=O)CCCCCCCCCCCCCCCCC(C)CC. The molecule has 0 bridgehead atoms. The summed E-state index contributed by atoms with van der Waals surface area (Å²) in [6.45, 7) is 9.79. The van der Waals surface area contributed by atoms with Gasteiger partial charge < -0.3 is 33.8 Å². The number of phosphoric ester groups is 2. The van der Waals surface area contributed by atoms with E-state index in [2.05, 4.69) is 41.5 Å². The van der Waals surface area contributed by atoms with Gasteiger partial charge in [0.1, 0.15) is 19.3 Å². The maximum absolute atomic E-state index is 13.2. The highest BCUT2D eigenvalue weighted by molar-refractivity contribution is 7.47. The van der Waals surface area contributed by atoms with Gasteiger partial charge >= 0.3 is 39.5 Å². The van der Waals surface area contributed by atoms with Crippen LogP contribution in [-0.2, 0) is 65.4 Å². The van der Waals surface area contributed by atoms with E-state index in [1.807, 2.05) is 0 Å². The third kappa shape index (κ3) is 84.3. The second-order valence-electron chi connectivity index (χ2n) is 33.8. The fourth-order valence-corrected chi connectivity index (χ4v) is 16.0. The van der Waals surface area contributed by atoms with Crippen molar-refractivity contribution in [2.45, 2.75) is 516 Å². The van der Waals surface area contributed by atoms with Crippen LogP contribution in [0.25, 0.3) is 0 Å². The Kier molecular flexibility index (Phi) is 81.7. The molecule has 0 aromatic heterocycles. The molecule has 0 aliphatic heterocycles. The number of hydrogen-bond acceptors (Lipinski definition) is 15. The lowest BCUT2D eigenvalue weighted by Crippen LogP contribution is -2.30. The molecule has 0 heterocycles. The summed E-state index contributed by atoms with van der Waals surface area (Å²) in [6.07, 6.45) is 77.7. The standard InChI is InChI=1S/C92H180O17P2/c1-7-10-12-14-16-18-20-22-23-24-25-26-27-28-29-34-40-46-52-58-64-70-76-91(96)109-88(81-103-90(95)75-69-63-57-51-45-39-33-31-30-32-37-42-48-54-60-66-72-84(4)5)83-107-111(100,101)105-79-86(93)78-104-110(98,99)106-82-87(80-102-89(94)74-68-62-56-50-44-21-19-17-15-13-11-8-2)108-92(97)77-71-65-59-53-47-41-36-35-38-43-49-55-61-67-73-85(6)9-3/h84-88,93H,7-83H2,1-6H3,(H,98,99)(H,100,101)/t85?,86-,87+,88+/m0/s1. The zero-order chi connectivity index (χ0) is 81.3. The number of ether oxygens (including phenoxy) is 4. The summed E-state index contributed by atoms with van der Waals surface area (Å²) < 4.78 is 69.1. The van der Waals surface area contributed by atoms with Gasteiger partial charge in [0, 0.05) is 25.7 Å². The second kappa shape index (κ2) is 83.1. The number of unbranched alkanes of at least 4 members (excludes halogenated alkanes) is 60. The van der Waals surface area contributed by atoms with Gasteiger partial charge in [0.15, 0.2) is 12.2 Å². The third-order valence-corrected chi connectivity index (χ3v) is 24.0. The molecule has 0 aliphatic rings. The van der Waals surface area contributed by atoms with E-state index in [1.54, 1.807) is 0 Å². The first-order valence-corrected chi connectivity index (χ1v) is 50.5. The van der Waals surface area contributed by atoms with Crippen LogP contribution in [0.5, 0.6) is 0 Å². The van der Waals surface area contributed by atoms with E-state index in [-0.39, 0.29) is 25.7 Å². The minimum atomic E-state index is -4.97. The van der Waals surface area contributed by atoms with Crippen LogP contribution < -0.4 is 0 Å². The van der Waals surface area contributed by atoms with E-state index < -0.39 is 97.5 Å². The Labute approximate surface area is 683 Å². The average Bonchev–Trinajstić information content (AvgIpc) is 0.895. The van der Waals surface area contributed by atoms with Crippen molar-refractivity contribution >= 4 is 39.5 Å². The second-order valence-corrected chi connectivity index (χ2v) is 36.7. The van der Waals surface area contributed by atoms with Crippen molar-refractivity contribution in [2.75, 3.05) is 39.6 Å². The van der Waals surface area contributed by atoms with Crippen LogP contribution in [0.3, 0.4) is 0 Å². The van der Waals surface area contributed by atoms with Crippen LogP contribution in [0.15, 0.2) is 0 Å². The summed E-state index contributed by atoms with van der Waals surface area (Å²) in [7, 11) is -9.94. The molecule has 0 saturated heterocycles. The molecule has 0 rings (SSSR count). The third-order valence-electron chi connectivity index (χ3n) is 22.1. The van der Waals surface area contributed by atoms with E-state index in [0.29, 0.717) is 25.7 Å². The first-order chi connectivity index (χ1) is 53.9. The van der Waals surface area contributed by atoms with Crippen LogP contribution in [0, 0.1) is 11.8 Å². The Morgan fingerprint density at radius 3 is 0.685 bits per heavy atom. The van der Waals surface area contributed by atoms with E-state index in [1.165, 1.54) is 315 Å². The molecule has 19 heteroatoms. The maximum atomic E-state index is 13.2. The quantitative estimate of drug-likeness (QED) is 0.0222. The summed E-state index contributed by atoms with van der Waals surface area (Å²) in [5.41, 5.74) is 0. The highest BCUT2D eigenvalue weighted by Gasteiger charge is 2.31. The molecule has 3 N–H and O–H groups in total. The predicted octanol–water partition coefficient (Wildman–Crippen LogP) is 28.6. The number of hydrogen-bond donors (Lipinski definition) is 3. The molecule has 17 nitrogen and oxygen atoms in total. The van der Waals surface area contributed by atoms with Gasteiger partial charge in [-0.1, -0.05) is 446 Å². The molecule has 0 aromatic rings. The van der Waals surface area contributed by atoms with Crippen molar-refractivity contribution in [1.29, 1.82) is 0 Å². The number of esters is 4. The van der Waals surface area contributed by atoms with Crippen LogP contribution in [0.2, 0.25) is 0 Å². The average molecular weight is 1620 g/mol. The fourth-order valence-electron chi connectivity index (χ4n) is 14.4. The summed E-state index contributed by atoms with van der Waals surface area (Å²) in [5.74, 6) is -0.435. The van der Waals surface area contributed by atoms with Crippen LogP contribution in [0.1, 0.15) is 497 Å². The van der Waals surface area contributed by atoms with Gasteiger partial charge in [0.2, 0.25) is 0 Å². The van der Waals surface area contributed by atoms with Crippen molar-refractivity contribution in [3.63, 3.8) is 0 Å². The summed E-state index contributed by atoms with van der Waals surface area (Å²) in [6, 6.07) is 0. The van der Waals surface area contributed by atoms with Crippen molar-refractivity contribution in [3.05, 3.63) is 0 Å². The van der Waals surface area contributed by atoms with Crippen molar-refractivity contribution in [2.24, 2.45) is 11.8 Å². The molecule has 0 spiro atoms. The lowest BCUT2D eigenvalue weighted by atomic mass is 9.99. The Bertz CT molecular complexity index is 2120. The molecular weight excluding hydrogens is 1440 g/mol. The largest absolute Gasteiger partial charge is 0.472 e. The Balaban J connectivity index is 5.25. The molecule has 6 atom stereocenters. The minimum absolute atomic E-state index is 0.108. The Morgan fingerprint density at radius 2 is 0.459 bits per heavy atom. The topological polar surface area (TPSA) is 237 Å². The zero-order valence-electron chi connectivity index (χ0n) is 73.3. The normalized spacial score (nSPS) is 14.0. The highest BCUT2D eigenvalue weighted by Crippen LogP contribution is 2.45. The number of aliphatic hydroxyl groups excluding tert-OH is 1.